The molecule has 0 saturated heterocycles. The van der Waals surface area contributed by atoms with Gasteiger partial charge in [0.15, 0.2) is 5.41 Å². The minimum absolute atomic E-state index is 0.293. The number of carbonyl (C=O) groups is 2. The molecule has 3 aliphatic rings. The molecule has 3 atom stereocenters. The van der Waals surface area contributed by atoms with Crippen molar-refractivity contribution < 1.29 is 19.1 Å². The monoisotopic (exact) mass is 368 g/mol. The summed E-state index contributed by atoms with van der Waals surface area (Å²) in [7, 11) is 2.73. The highest BCUT2D eigenvalue weighted by atomic mass is 16.5. The Morgan fingerprint density at radius 1 is 0.926 bits per heavy atom. The highest BCUT2D eigenvalue weighted by Crippen LogP contribution is 2.66. The first-order valence-electron chi connectivity index (χ1n) is 10.1. The zero-order valence-corrected chi connectivity index (χ0v) is 16.2. The fraction of sp³-hybridized carbons (Fsp3) is 0.565. The Hall–Kier alpha value is -2.10. The first-order chi connectivity index (χ1) is 13.1. The third-order valence-corrected chi connectivity index (χ3v) is 7.01. The van der Waals surface area contributed by atoms with Crippen molar-refractivity contribution in [2.75, 3.05) is 14.2 Å². The van der Waals surface area contributed by atoms with Gasteiger partial charge in [0.25, 0.3) is 0 Å². The molecule has 0 unspecified atom stereocenters. The van der Waals surface area contributed by atoms with E-state index in [0.717, 1.165) is 12.8 Å². The van der Waals surface area contributed by atoms with E-state index < -0.39 is 17.4 Å². The molecule has 0 spiro atoms. The van der Waals surface area contributed by atoms with Crippen LogP contribution in [0.15, 0.2) is 41.5 Å². The smallest absolute Gasteiger partial charge is 0.323 e. The highest BCUT2D eigenvalue weighted by Gasteiger charge is 2.64. The molecule has 0 radical (unpaired) electrons. The van der Waals surface area contributed by atoms with Gasteiger partial charge in [-0.05, 0) is 55.9 Å². The molecule has 0 N–H and O–H groups in total. The molecule has 1 aromatic carbocycles. The summed E-state index contributed by atoms with van der Waals surface area (Å²) in [5, 5.41) is 0. The molecule has 1 aromatic rings. The summed E-state index contributed by atoms with van der Waals surface area (Å²) in [5.74, 6) is 0.0316. The van der Waals surface area contributed by atoms with Crippen LogP contribution in [0.4, 0.5) is 0 Å². The lowest BCUT2D eigenvalue weighted by atomic mass is 9.57. The minimum Gasteiger partial charge on any atom is -0.468 e. The lowest BCUT2D eigenvalue weighted by Gasteiger charge is -2.46. The fourth-order valence-corrected chi connectivity index (χ4v) is 5.83. The summed E-state index contributed by atoms with van der Waals surface area (Å²) in [6.07, 6.45) is 7.16. The number of fused-ring (bicyclic) bond motifs is 1. The predicted molar refractivity (Wildman–Crippen MR) is 102 cm³/mol. The molecule has 27 heavy (non-hydrogen) atoms. The summed E-state index contributed by atoms with van der Waals surface area (Å²) < 4.78 is 10.1. The number of hydrogen-bond donors (Lipinski definition) is 0. The van der Waals surface area contributed by atoms with E-state index in [4.69, 9.17) is 9.47 Å². The molecule has 0 heterocycles. The topological polar surface area (TPSA) is 52.6 Å². The van der Waals surface area contributed by atoms with E-state index >= 15 is 0 Å². The summed E-state index contributed by atoms with van der Waals surface area (Å²) in [6.45, 7) is 0. The van der Waals surface area contributed by atoms with E-state index in [9.17, 15) is 9.59 Å². The summed E-state index contributed by atoms with van der Waals surface area (Å²) >= 11 is 0. The van der Waals surface area contributed by atoms with Crippen LogP contribution in [0.5, 0.6) is 0 Å². The molecule has 3 aliphatic carbocycles. The van der Waals surface area contributed by atoms with E-state index in [1.165, 1.54) is 44.6 Å². The number of hydrogen-bond acceptors (Lipinski definition) is 4. The van der Waals surface area contributed by atoms with Crippen LogP contribution in [0.1, 0.15) is 56.4 Å². The fourth-order valence-electron chi connectivity index (χ4n) is 5.83. The normalized spacial score (nSPS) is 28.9. The number of allylic oxidation sites excluding steroid dienone is 2. The van der Waals surface area contributed by atoms with Crippen LogP contribution in [0, 0.1) is 17.3 Å². The van der Waals surface area contributed by atoms with Crippen LogP contribution in [0.3, 0.4) is 0 Å². The molecular weight excluding hydrogens is 340 g/mol. The molecule has 0 aliphatic heterocycles. The molecule has 3 saturated carbocycles. The van der Waals surface area contributed by atoms with E-state index in [0.29, 0.717) is 30.6 Å². The highest BCUT2D eigenvalue weighted by molar-refractivity contribution is 6.00. The molecule has 0 amide bonds. The molecule has 4 nitrogen and oxygen atoms in total. The lowest BCUT2D eigenvalue weighted by Crippen LogP contribution is -2.39. The first kappa shape index (κ1) is 18.3. The van der Waals surface area contributed by atoms with Gasteiger partial charge < -0.3 is 9.47 Å². The molecule has 3 fully saturated rings. The van der Waals surface area contributed by atoms with E-state index in [2.05, 4.69) is 24.3 Å². The Balaban J connectivity index is 1.75. The maximum Gasteiger partial charge on any atom is 0.323 e. The number of carbonyl (C=O) groups excluding carboxylic acids is 2. The van der Waals surface area contributed by atoms with Crippen molar-refractivity contribution >= 4 is 11.9 Å². The minimum atomic E-state index is -1.15. The van der Waals surface area contributed by atoms with Gasteiger partial charge in [0, 0.05) is 5.92 Å². The van der Waals surface area contributed by atoms with Crippen molar-refractivity contribution in [2.45, 2.75) is 50.9 Å². The first-order valence-corrected chi connectivity index (χ1v) is 10.1. The Kier molecular flexibility index (Phi) is 4.83. The van der Waals surface area contributed by atoms with Gasteiger partial charge >= 0.3 is 11.9 Å². The second-order valence-electron chi connectivity index (χ2n) is 8.25. The summed E-state index contributed by atoms with van der Waals surface area (Å²) in [5.41, 5.74) is 3.22. The van der Waals surface area contributed by atoms with Gasteiger partial charge in [-0.1, -0.05) is 47.9 Å². The van der Waals surface area contributed by atoms with Crippen LogP contribution in [0.2, 0.25) is 0 Å². The van der Waals surface area contributed by atoms with Gasteiger partial charge in [0.1, 0.15) is 0 Å². The summed E-state index contributed by atoms with van der Waals surface area (Å²) in [4.78, 5) is 25.3. The number of benzene rings is 1. The van der Waals surface area contributed by atoms with Crippen molar-refractivity contribution in [3.8, 4) is 0 Å². The Morgan fingerprint density at radius 3 is 2.15 bits per heavy atom. The number of methoxy groups -OCH3 is 2. The Bertz CT molecular complexity index is 740. The predicted octanol–water partition coefficient (Wildman–Crippen LogP) is 4.40. The zero-order valence-electron chi connectivity index (χ0n) is 16.2. The number of ether oxygens (including phenoxy) is 2. The van der Waals surface area contributed by atoms with Crippen molar-refractivity contribution in [3.05, 3.63) is 47.0 Å². The maximum absolute atomic E-state index is 12.6. The van der Waals surface area contributed by atoms with E-state index in [1.807, 2.05) is 6.07 Å². The molecule has 4 heteroatoms. The van der Waals surface area contributed by atoms with E-state index in [-0.39, 0.29) is 0 Å². The number of rotatable bonds is 3. The SMILES string of the molecule is COC(=O)C1(C(=O)OC)C[C@@H]2[C@H](C1)C(=C1CCCCC1)[C@H]2c1ccccc1. The third kappa shape index (κ3) is 2.81. The van der Waals surface area contributed by atoms with Crippen LogP contribution in [-0.2, 0) is 19.1 Å². The van der Waals surface area contributed by atoms with Crippen LogP contribution in [0.25, 0.3) is 0 Å². The molecular formula is C23H28O4. The molecule has 4 rings (SSSR count). The van der Waals surface area contributed by atoms with Crippen LogP contribution < -0.4 is 0 Å². The molecule has 0 bridgehead atoms. The maximum atomic E-state index is 12.6. The van der Waals surface area contributed by atoms with Gasteiger partial charge in [-0.25, -0.2) is 0 Å². The zero-order chi connectivity index (χ0) is 19.0. The van der Waals surface area contributed by atoms with Gasteiger partial charge in [0.05, 0.1) is 14.2 Å². The van der Waals surface area contributed by atoms with Gasteiger partial charge in [-0.2, -0.15) is 0 Å². The number of esters is 2. The van der Waals surface area contributed by atoms with Crippen molar-refractivity contribution in [1.82, 2.24) is 0 Å². The largest absolute Gasteiger partial charge is 0.468 e. The Morgan fingerprint density at radius 2 is 1.56 bits per heavy atom. The van der Waals surface area contributed by atoms with Crippen molar-refractivity contribution in [2.24, 2.45) is 17.3 Å². The standard InChI is InChI=1S/C23H28O4/c1-26-21(24)23(22(25)27-2)13-17-18(14-23)20(16-11-7-4-8-12-16)19(17)15-9-5-3-6-10-15/h3,5-6,9-10,17-19H,4,7-8,11-14H2,1-2H3/t17-,18+,19+/m1/s1. The van der Waals surface area contributed by atoms with Crippen molar-refractivity contribution in [3.63, 3.8) is 0 Å². The molecule has 144 valence electrons. The average molecular weight is 368 g/mol. The third-order valence-electron chi connectivity index (χ3n) is 7.01. The second kappa shape index (κ2) is 7.14. The molecule has 0 aromatic heterocycles. The van der Waals surface area contributed by atoms with Gasteiger partial charge in [-0.3, -0.25) is 9.59 Å². The lowest BCUT2D eigenvalue weighted by molar-refractivity contribution is -0.168. The van der Waals surface area contributed by atoms with Gasteiger partial charge in [0.2, 0.25) is 0 Å². The van der Waals surface area contributed by atoms with E-state index in [1.54, 1.807) is 5.57 Å². The van der Waals surface area contributed by atoms with Crippen molar-refractivity contribution in [1.29, 1.82) is 0 Å². The van der Waals surface area contributed by atoms with Crippen LogP contribution >= 0.6 is 0 Å². The average Bonchev–Trinajstić information content (AvgIpc) is 3.04. The summed E-state index contributed by atoms with van der Waals surface area (Å²) in [6, 6.07) is 10.6. The van der Waals surface area contributed by atoms with Crippen LogP contribution in [-0.4, -0.2) is 26.2 Å². The second-order valence-corrected chi connectivity index (χ2v) is 8.25. The quantitative estimate of drug-likeness (QED) is 0.451. The van der Waals surface area contributed by atoms with Gasteiger partial charge in [-0.15, -0.1) is 0 Å². The Labute approximate surface area is 160 Å².